The Morgan fingerprint density at radius 2 is 1.82 bits per heavy atom. The molecule has 28 heavy (non-hydrogen) atoms. The Hall–Kier alpha value is -4.07. The molecule has 8 heteroatoms. The van der Waals surface area contributed by atoms with Crippen molar-refractivity contribution in [1.82, 2.24) is 25.5 Å². The van der Waals surface area contributed by atoms with Gasteiger partial charge in [0.15, 0.2) is 0 Å². The van der Waals surface area contributed by atoms with Crippen molar-refractivity contribution in [1.29, 1.82) is 0 Å². The molecule has 138 valence electrons. The number of aromatic nitrogens is 4. The predicted octanol–water partition coefficient (Wildman–Crippen LogP) is 2.63. The summed E-state index contributed by atoms with van der Waals surface area (Å²) in [4.78, 5) is 32.7. The van der Waals surface area contributed by atoms with Crippen molar-refractivity contribution < 1.29 is 9.59 Å². The Balaban J connectivity index is 1.77. The van der Waals surface area contributed by atoms with Gasteiger partial charge in [-0.1, -0.05) is 30.3 Å². The van der Waals surface area contributed by atoms with Gasteiger partial charge in [0.05, 0.1) is 40.2 Å². The summed E-state index contributed by atoms with van der Waals surface area (Å²) >= 11 is 0. The van der Waals surface area contributed by atoms with Crippen molar-refractivity contribution in [3.05, 3.63) is 72.1 Å². The number of hydrogen-bond donors (Lipinski definition) is 3. The highest BCUT2D eigenvalue weighted by Crippen LogP contribution is 2.26. The van der Waals surface area contributed by atoms with E-state index in [2.05, 4.69) is 30.8 Å². The van der Waals surface area contributed by atoms with Crippen molar-refractivity contribution >= 4 is 28.5 Å². The molecule has 0 bridgehead atoms. The van der Waals surface area contributed by atoms with Gasteiger partial charge in [-0.05, 0) is 18.2 Å². The third-order valence-corrected chi connectivity index (χ3v) is 4.23. The van der Waals surface area contributed by atoms with Crippen LogP contribution in [0.2, 0.25) is 0 Å². The van der Waals surface area contributed by atoms with Crippen LogP contribution in [0.3, 0.4) is 0 Å². The zero-order valence-electron chi connectivity index (χ0n) is 14.9. The number of amides is 2. The van der Waals surface area contributed by atoms with Gasteiger partial charge < -0.3 is 15.6 Å². The van der Waals surface area contributed by atoms with E-state index in [0.29, 0.717) is 33.7 Å². The molecule has 0 atom stereocenters. The van der Waals surface area contributed by atoms with Crippen molar-refractivity contribution in [3.63, 3.8) is 0 Å². The van der Waals surface area contributed by atoms with Crippen molar-refractivity contribution in [3.8, 4) is 11.4 Å². The summed E-state index contributed by atoms with van der Waals surface area (Å²) in [5.74, 6) is -0.0283. The third-order valence-electron chi connectivity index (χ3n) is 4.23. The first-order valence-electron chi connectivity index (χ1n) is 8.55. The molecule has 0 radical (unpaired) electrons. The molecule has 2 aromatic heterocycles. The third kappa shape index (κ3) is 3.30. The fraction of sp³-hybridized carbons (Fsp3) is 0.0500. The normalized spacial score (nSPS) is 10.6. The summed E-state index contributed by atoms with van der Waals surface area (Å²) in [5.41, 5.74) is 3.28. The van der Waals surface area contributed by atoms with Crippen LogP contribution in [0, 0.1) is 0 Å². The van der Waals surface area contributed by atoms with E-state index in [1.54, 1.807) is 18.2 Å². The number of fused-ring (bicyclic) bond motifs is 1. The molecule has 2 amide bonds. The van der Waals surface area contributed by atoms with E-state index in [1.807, 2.05) is 30.3 Å². The van der Waals surface area contributed by atoms with Crippen LogP contribution in [0.4, 0.5) is 5.69 Å². The number of rotatable bonds is 4. The van der Waals surface area contributed by atoms with E-state index < -0.39 is 5.91 Å². The minimum absolute atomic E-state index is 0.319. The minimum Gasteiger partial charge on any atom is -0.355 e. The Bertz CT molecular complexity index is 1160. The van der Waals surface area contributed by atoms with Gasteiger partial charge in [-0.3, -0.25) is 9.59 Å². The SMILES string of the molecule is CNC(=O)c1cc2[nH]c(-c3ccccc3)nc2cc1NC(=O)c1ccnnc1. The average molecular weight is 372 g/mol. The van der Waals surface area contributed by atoms with Crippen molar-refractivity contribution in [2.75, 3.05) is 12.4 Å². The molecule has 0 saturated carbocycles. The second-order valence-corrected chi connectivity index (χ2v) is 6.03. The van der Waals surface area contributed by atoms with Gasteiger partial charge in [0.25, 0.3) is 11.8 Å². The van der Waals surface area contributed by atoms with Crippen LogP contribution in [-0.4, -0.2) is 39.0 Å². The number of hydrogen-bond acceptors (Lipinski definition) is 5. The number of H-pyrrole nitrogens is 1. The van der Waals surface area contributed by atoms with Gasteiger partial charge in [-0.15, -0.1) is 0 Å². The van der Waals surface area contributed by atoms with Gasteiger partial charge in [0.2, 0.25) is 0 Å². The number of aromatic amines is 1. The molecule has 0 unspecified atom stereocenters. The highest BCUT2D eigenvalue weighted by Gasteiger charge is 2.17. The molecule has 3 N–H and O–H groups in total. The number of nitrogens with zero attached hydrogens (tertiary/aromatic N) is 3. The van der Waals surface area contributed by atoms with Crippen LogP contribution < -0.4 is 10.6 Å². The monoisotopic (exact) mass is 372 g/mol. The molecule has 0 aliphatic rings. The number of nitrogens with one attached hydrogen (secondary N) is 3. The van der Waals surface area contributed by atoms with Crippen LogP contribution in [-0.2, 0) is 0 Å². The molecule has 2 heterocycles. The standard InChI is InChI=1S/C20H16N6O2/c1-21-20(28)14-9-16-17(25-18(24-16)12-5-3-2-4-6-12)10-15(14)26-19(27)13-7-8-22-23-11-13/h2-11H,1H3,(H,21,28)(H,24,25)(H,26,27). The zero-order chi connectivity index (χ0) is 19.5. The second-order valence-electron chi connectivity index (χ2n) is 6.03. The van der Waals surface area contributed by atoms with E-state index in [4.69, 9.17) is 0 Å². The average Bonchev–Trinajstić information content (AvgIpc) is 3.17. The Morgan fingerprint density at radius 3 is 2.54 bits per heavy atom. The molecule has 0 fully saturated rings. The van der Waals surface area contributed by atoms with Crippen LogP contribution in [0.15, 0.2) is 60.9 Å². The summed E-state index contributed by atoms with van der Waals surface area (Å²) in [6.07, 6.45) is 2.78. The fourth-order valence-corrected chi connectivity index (χ4v) is 2.84. The van der Waals surface area contributed by atoms with Crippen LogP contribution in [0.5, 0.6) is 0 Å². The minimum atomic E-state index is -0.391. The maximum Gasteiger partial charge on any atom is 0.257 e. The van der Waals surface area contributed by atoms with Crippen molar-refractivity contribution in [2.24, 2.45) is 0 Å². The van der Waals surface area contributed by atoms with Gasteiger partial charge in [0, 0.05) is 12.6 Å². The van der Waals surface area contributed by atoms with Gasteiger partial charge >= 0.3 is 0 Å². The first-order chi connectivity index (χ1) is 13.7. The van der Waals surface area contributed by atoms with E-state index in [-0.39, 0.29) is 5.91 Å². The summed E-state index contributed by atoms with van der Waals surface area (Å²) in [7, 11) is 1.53. The number of imidazole rings is 1. The van der Waals surface area contributed by atoms with Crippen LogP contribution in [0.25, 0.3) is 22.4 Å². The Kier molecular flexibility index (Phi) is 4.51. The van der Waals surface area contributed by atoms with Crippen LogP contribution >= 0.6 is 0 Å². The smallest absolute Gasteiger partial charge is 0.257 e. The lowest BCUT2D eigenvalue weighted by molar-refractivity contribution is 0.0964. The van der Waals surface area contributed by atoms with E-state index in [1.165, 1.54) is 19.4 Å². The first-order valence-corrected chi connectivity index (χ1v) is 8.55. The van der Waals surface area contributed by atoms with Crippen molar-refractivity contribution in [2.45, 2.75) is 0 Å². The Labute approximate surface area is 160 Å². The maximum atomic E-state index is 12.5. The number of benzene rings is 2. The number of carbonyl (C=O) groups excluding carboxylic acids is 2. The molecule has 2 aromatic carbocycles. The van der Waals surface area contributed by atoms with Gasteiger partial charge in [-0.2, -0.15) is 10.2 Å². The summed E-state index contributed by atoms with van der Waals surface area (Å²) < 4.78 is 0. The molecule has 0 spiro atoms. The molecule has 4 aromatic rings. The lowest BCUT2D eigenvalue weighted by Gasteiger charge is -2.10. The zero-order valence-corrected chi connectivity index (χ0v) is 14.9. The molecule has 0 saturated heterocycles. The molecule has 0 aliphatic carbocycles. The van der Waals surface area contributed by atoms with E-state index >= 15 is 0 Å². The molecule has 0 aliphatic heterocycles. The lowest BCUT2D eigenvalue weighted by Crippen LogP contribution is -2.21. The molecule has 4 rings (SSSR count). The van der Waals surface area contributed by atoms with E-state index in [9.17, 15) is 9.59 Å². The summed E-state index contributed by atoms with van der Waals surface area (Å²) in [6, 6.07) is 14.6. The summed E-state index contributed by atoms with van der Waals surface area (Å²) in [6.45, 7) is 0. The topological polar surface area (TPSA) is 113 Å². The summed E-state index contributed by atoms with van der Waals surface area (Å²) in [5, 5.41) is 12.7. The number of carbonyl (C=O) groups is 2. The lowest BCUT2D eigenvalue weighted by atomic mass is 10.1. The molecular formula is C20H16N6O2. The predicted molar refractivity (Wildman–Crippen MR) is 105 cm³/mol. The largest absolute Gasteiger partial charge is 0.355 e. The second kappa shape index (κ2) is 7.28. The maximum absolute atomic E-state index is 12.5. The highest BCUT2D eigenvalue weighted by molar-refractivity contribution is 6.10. The first kappa shape index (κ1) is 17.3. The van der Waals surface area contributed by atoms with E-state index in [0.717, 1.165) is 5.56 Å². The molecule has 8 nitrogen and oxygen atoms in total. The van der Waals surface area contributed by atoms with Gasteiger partial charge in [-0.25, -0.2) is 4.98 Å². The number of anilines is 1. The Morgan fingerprint density at radius 1 is 1.00 bits per heavy atom. The van der Waals surface area contributed by atoms with Crippen LogP contribution in [0.1, 0.15) is 20.7 Å². The fourth-order valence-electron chi connectivity index (χ4n) is 2.84. The van der Waals surface area contributed by atoms with Gasteiger partial charge in [0.1, 0.15) is 5.82 Å². The highest BCUT2D eigenvalue weighted by atomic mass is 16.2. The quantitative estimate of drug-likeness (QED) is 0.510. The molecular weight excluding hydrogens is 356 g/mol.